The molecule has 1 saturated heterocycles. The van der Waals surface area contributed by atoms with E-state index in [4.69, 9.17) is 12.2 Å². The smallest absolute Gasteiger partial charge is 0.265 e. The summed E-state index contributed by atoms with van der Waals surface area (Å²) in [6.45, 7) is 4.49. The Bertz CT molecular complexity index is 1060. The number of likely N-dealkylation sites (N-methyl/N-ethyl adjacent to an activating group) is 2. The van der Waals surface area contributed by atoms with Crippen LogP contribution in [0.4, 0.5) is 0 Å². The van der Waals surface area contributed by atoms with E-state index in [1.165, 1.54) is 32.5 Å². The van der Waals surface area contributed by atoms with Crippen molar-refractivity contribution < 1.29 is 9.59 Å². The van der Waals surface area contributed by atoms with Crippen LogP contribution in [-0.4, -0.2) is 49.8 Å². The SMILES string of the molecule is CCN1C(=O)C(=Cc2nc3sc(-c4ccccc4)nc3s2)C(=O)N(CC)C1=S. The minimum atomic E-state index is -0.376. The van der Waals surface area contributed by atoms with Gasteiger partial charge in [-0.25, -0.2) is 9.97 Å². The monoisotopic (exact) mass is 428 g/mol. The number of rotatable bonds is 4. The number of hydrogen-bond acceptors (Lipinski definition) is 7. The molecule has 3 heterocycles. The van der Waals surface area contributed by atoms with Gasteiger partial charge in [-0.1, -0.05) is 53.0 Å². The number of amides is 2. The molecule has 0 saturated carbocycles. The van der Waals surface area contributed by atoms with Crippen molar-refractivity contribution in [1.82, 2.24) is 19.8 Å². The minimum absolute atomic E-state index is 0.0852. The van der Waals surface area contributed by atoms with Gasteiger partial charge in [0, 0.05) is 18.7 Å². The highest BCUT2D eigenvalue weighted by molar-refractivity contribution is 7.80. The van der Waals surface area contributed by atoms with E-state index in [2.05, 4.69) is 9.97 Å². The summed E-state index contributed by atoms with van der Waals surface area (Å²) in [5, 5.41) is 1.74. The Morgan fingerprint density at radius 3 is 2.14 bits per heavy atom. The Morgan fingerprint density at radius 1 is 0.964 bits per heavy atom. The molecule has 3 aromatic rings. The molecule has 142 valence electrons. The van der Waals surface area contributed by atoms with Gasteiger partial charge in [0.05, 0.1) is 0 Å². The summed E-state index contributed by atoms with van der Waals surface area (Å²) < 4.78 is 0. The summed E-state index contributed by atoms with van der Waals surface area (Å²) in [6.07, 6.45) is 1.55. The summed E-state index contributed by atoms with van der Waals surface area (Å²) >= 11 is 8.14. The number of carbonyl (C=O) groups is 2. The number of carbonyl (C=O) groups excluding carboxylic acids is 2. The third-order valence-corrected chi connectivity index (χ3v) is 6.79. The van der Waals surface area contributed by atoms with Crippen LogP contribution in [0.25, 0.3) is 26.3 Å². The van der Waals surface area contributed by atoms with Gasteiger partial charge in [-0.3, -0.25) is 19.4 Å². The molecule has 1 aliphatic rings. The topological polar surface area (TPSA) is 66.4 Å². The highest BCUT2D eigenvalue weighted by atomic mass is 32.1. The van der Waals surface area contributed by atoms with Crippen LogP contribution in [0.2, 0.25) is 0 Å². The summed E-state index contributed by atoms with van der Waals surface area (Å²) in [7, 11) is 0. The van der Waals surface area contributed by atoms with Gasteiger partial charge in [-0.05, 0) is 32.1 Å². The van der Waals surface area contributed by atoms with Crippen molar-refractivity contribution in [1.29, 1.82) is 0 Å². The van der Waals surface area contributed by atoms with E-state index < -0.39 is 0 Å². The van der Waals surface area contributed by atoms with Crippen molar-refractivity contribution in [3.63, 3.8) is 0 Å². The molecule has 0 spiro atoms. The van der Waals surface area contributed by atoms with Gasteiger partial charge in [0.2, 0.25) is 0 Å². The quantitative estimate of drug-likeness (QED) is 0.359. The fraction of sp³-hybridized carbons (Fsp3) is 0.211. The molecule has 0 radical (unpaired) electrons. The number of aromatic nitrogens is 2. The van der Waals surface area contributed by atoms with Crippen LogP contribution in [0.3, 0.4) is 0 Å². The Kier molecular flexibility index (Phi) is 5.05. The summed E-state index contributed by atoms with van der Waals surface area (Å²) in [6, 6.07) is 9.92. The second-order valence-electron chi connectivity index (χ2n) is 5.99. The molecule has 2 aromatic heterocycles. The average molecular weight is 429 g/mol. The zero-order chi connectivity index (χ0) is 19.8. The van der Waals surface area contributed by atoms with E-state index in [-0.39, 0.29) is 22.5 Å². The Hall–Kier alpha value is -2.49. The van der Waals surface area contributed by atoms with Crippen LogP contribution in [0.15, 0.2) is 35.9 Å². The molecule has 28 heavy (non-hydrogen) atoms. The van der Waals surface area contributed by atoms with Gasteiger partial charge in [0.1, 0.15) is 15.6 Å². The van der Waals surface area contributed by atoms with Gasteiger partial charge in [-0.15, -0.1) is 0 Å². The van der Waals surface area contributed by atoms with E-state index in [1.54, 1.807) is 6.08 Å². The minimum Gasteiger partial charge on any atom is -0.285 e. The Morgan fingerprint density at radius 2 is 1.57 bits per heavy atom. The predicted molar refractivity (Wildman–Crippen MR) is 116 cm³/mol. The molecule has 1 aliphatic heterocycles. The summed E-state index contributed by atoms with van der Waals surface area (Å²) in [5.74, 6) is -0.752. The fourth-order valence-corrected chi connectivity index (χ4v) is 5.35. The van der Waals surface area contributed by atoms with Gasteiger partial charge in [0.15, 0.2) is 14.8 Å². The van der Waals surface area contributed by atoms with Crippen molar-refractivity contribution >= 4 is 67.6 Å². The van der Waals surface area contributed by atoms with E-state index >= 15 is 0 Å². The lowest BCUT2D eigenvalue weighted by Gasteiger charge is -2.35. The second-order valence-corrected chi connectivity index (χ2v) is 8.34. The Balaban J connectivity index is 1.70. The maximum absolute atomic E-state index is 12.7. The van der Waals surface area contributed by atoms with Crippen LogP contribution in [0.5, 0.6) is 0 Å². The number of thiazole rings is 2. The largest absolute Gasteiger partial charge is 0.285 e. The highest BCUT2D eigenvalue weighted by Crippen LogP contribution is 2.34. The maximum atomic E-state index is 12.7. The van der Waals surface area contributed by atoms with Crippen molar-refractivity contribution in [2.24, 2.45) is 0 Å². The molecular weight excluding hydrogens is 412 g/mol. The average Bonchev–Trinajstić information content (AvgIpc) is 3.25. The molecule has 9 heteroatoms. The van der Waals surface area contributed by atoms with Crippen LogP contribution < -0.4 is 0 Å². The van der Waals surface area contributed by atoms with Crippen LogP contribution in [0, 0.1) is 0 Å². The molecular formula is C19H16N4O2S3. The summed E-state index contributed by atoms with van der Waals surface area (Å²) in [5.41, 5.74) is 1.13. The number of thiocarbonyl (C=S) groups is 1. The molecule has 6 nitrogen and oxygen atoms in total. The first-order chi connectivity index (χ1) is 13.5. The molecule has 1 fully saturated rings. The molecule has 1 aromatic carbocycles. The van der Waals surface area contributed by atoms with Crippen LogP contribution in [-0.2, 0) is 9.59 Å². The second kappa shape index (κ2) is 7.50. The molecule has 0 unspecified atom stereocenters. The lowest BCUT2D eigenvalue weighted by Crippen LogP contribution is -2.55. The van der Waals surface area contributed by atoms with Crippen LogP contribution >= 0.6 is 34.9 Å². The van der Waals surface area contributed by atoms with Crippen molar-refractivity contribution in [2.75, 3.05) is 13.1 Å². The highest BCUT2D eigenvalue weighted by Gasteiger charge is 2.38. The van der Waals surface area contributed by atoms with Gasteiger partial charge in [0.25, 0.3) is 11.8 Å². The Labute approximate surface area is 175 Å². The first-order valence-electron chi connectivity index (χ1n) is 8.75. The van der Waals surface area contributed by atoms with Gasteiger partial charge >= 0.3 is 0 Å². The van der Waals surface area contributed by atoms with Crippen molar-refractivity contribution in [3.05, 3.63) is 40.9 Å². The van der Waals surface area contributed by atoms with E-state index in [0.717, 1.165) is 20.2 Å². The number of hydrogen-bond donors (Lipinski definition) is 0. The number of benzene rings is 1. The lowest BCUT2D eigenvalue weighted by atomic mass is 10.1. The van der Waals surface area contributed by atoms with E-state index in [9.17, 15) is 9.59 Å². The third-order valence-electron chi connectivity index (χ3n) is 4.33. The van der Waals surface area contributed by atoms with Crippen LogP contribution in [0.1, 0.15) is 18.9 Å². The van der Waals surface area contributed by atoms with Gasteiger partial charge < -0.3 is 0 Å². The first-order valence-corrected chi connectivity index (χ1v) is 10.8. The van der Waals surface area contributed by atoms with Gasteiger partial charge in [-0.2, -0.15) is 0 Å². The zero-order valence-corrected chi connectivity index (χ0v) is 17.7. The number of nitrogens with zero attached hydrogens (tertiary/aromatic N) is 4. The lowest BCUT2D eigenvalue weighted by molar-refractivity contribution is -0.133. The molecule has 0 atom stereocenters. The predicted octanol–water partition coefficient (Wildman–Crippen LogP) is 3.80. The van der Waals surface area contributed by atoms with Crippen molar-refractivity contribution in [3.8, 4) is 10.6 Å². The maximum Gasteiger partial charge on any atom is 0.265 e. The fourth-order valence-electron chi connectivity index (χ4n) is 2.93. The normalized spacial score (nSPS) is 15.1. The first kappa shape index (κ1) is 18.9. The molecule has 0 bridgehead atoms. The van der Waals surface area contributed by atoms with E-state index in [0.29, 0.717) is 18.1 Å². The summed E-state index contributed by atoms with van der Waals surface area (Å²) in [4.78, 5) is 39.1. The van der Waals surface area contributed by atoms with Crippen molar-refractivity contribution in [2.45, 2.75) is 13.8 Å². The number of fused-ring (bicyclic) bond motifs is 1. The molecule has 0 aliphatic carbocycles. The molecule has 0 N–H and O–H groups in total. The molecule has 2 amide bonds. The standard InChI is InChI=1S/C19H16N4O2S3/c1-3-22-17(24)12(18(25)23(4-2)19(22)26)10-13-20-15-16(27-13)21-14(28-15)11-8-6-5-7-9-11/h5-10H,3-4H2,1-2H3. The van der Waals surface area contributed by atoms with E-state index in [1.807, 2.05) is 44.2 Å². The molecule has 4 rings (SSSR count). The zero-order valence-electron chi connectivity index (χ0n) is 15.2. The third kappa shape index (κ3) is 3.15.